The highest BCUT2D eigenvalue weighted by Crippen LogP contribution is 2.19. The fourth-order valence-corrected chi connectivity index (χ4v) is 5.43. The van der Waals surface area contributed by atoms with Gasteiger partial charge in [0, 0.05) is 25.9 Å². The van der Waals surface area contributed by atoms with Gasteiger partial charge in [-0.05, 0) is 56.7 Å². The molecule has 1 fully saturated rings. The topological polar surface area (TPSA) is 371 Å². The Kier molecular flexibility index (Phi) is 16.9. The predicted octanol–water partition coefficient (Wildman–Crippen LogP) is -4.51. The second kappa shape index (κ2) is 20.8. The molecule has 0 saturated carbocycles. The minimum atomic E-state index is -1.39. The molecule has 0 radical (unpaired) electrons. The number of phenolic OH excluding ortho intramolecular Hbond substituents is 1. The fraction of sp³-hybridized carbons (Fsp3) is 0.531. The summed E-state index contributed by atoms with van der Waals surface area (Å²) in [4.78, 5) is 106. The van der Waals surface area contributed by atoms with Crippen molar-refractivity contribution in [3.05, 3.63) is 29.8 Å². The molecule has 0 bridgehead atoms. The Hall–Kier alpha value is -5.99. The van der Waals surface area contributed by atoms with E-state index in [1.165, 1.54) is 36.1 Å². The molecule has 1 aromatic rings. The molecule has 16 N–H and O–H groups in total. The van der Waals surface area contributed by atoms with E-state index < -0.39 is 90.0 Å². The Balaban J connectivity index is 2.20. The standard InChI is InChI=1S/C32H49N11O10/c1-16(39-27(48)20(10-11-24(34)45)40-29(50)23-5-3-13-43(23)30(51)19(33)15-25(35)46)26(47)42-22(14-17-6-8-18(44)9-7-17)28(49)41-21(31(52)53)4-2-12-38-32(36)37/h6-9,16,19-23,44H,2-5,10-15,33H2,1H3,(H2,34,45)(H2,35,46)(H,39,48)(H,40,50)(H,41,49)(H,42,47)(H,52,53)(H4,36,37,38)/t16-,19-,20-,21-,22-,23-/m0/s1. The molecule has 21 heteroatoms. The number of hydrogen-bond donors (Lipinski definition) is 11. The molecule has 1 aromatic carbocycles. The lowest BCUT2D eigenvalue weighted by molar-refractivity contribution is -0.142. The Morgan fingerprint density at radius 2 is 1.47 bits per heavy atom. The van der Waals surface area contributed by atoms with Crippen molar-refractivity contribution in [2.45, 2.75) is 94.5 Å². The highest BCUT2D eigenvalue weighted by atomic mass is 16.4. The highest BCUT2D eigenvalue weighted by Gasteiger charge is 2.38. The zero-order valence-electron chi connectivity index (χ0n) is 29.3. The summed E-state index contributed by atoms with van der Waals surface area (Å²) in [6.45, 7) is 1.55. The number of nitrogens with two attached hydrogens (primary N) is 5. The van der Waals surface area contributed by atoms with Crippen LogP contribution in [0.1, 0.15) is 57.4 Å². The third-order valence-electron chi connectivity index (χ3n) is 8.21. The van der Waals surface area contributed by atoms with Crippen molar-refractivity contribution in [1.29, 1.82) is 0 Å². The molecule has 53 heavy (non-hydrogen) atoms. The average Bonchev–Trinajstić information content (AvgIpc) is 3.57. The molecule has 0 unspecified atom stereocenters. The van der Waals surface area contributed by atoms with Gasteiger partial charge in [-0.2, -0.15) is 0 Å². The molecule has 0 aliphatic carbocycles. The van der Waals surface area contributed by atoms with Gasteiger partial charge < -0.3 is 65.0 Å². The first kappa shape index (κ1) is 43.2. The van der Waals surface area contributed by atoms with Gasteiger partial charge in [0.2, 0.25) is 41.4 Å². The molecule has 292 valence electrons. The summed E-state index contributed by atoms with van der Waals surface area (Å²) in [6.07, 6.45) is -0.383. The highest BCUT2D eigenvalue weighted by molar-refractivity contribution is 5.97. The number of nitrogens with one attached hydrogen (secondary N) is 4. The van der Waals surface area contributed by atoms with Crippen LogP contribution in [0.4, 0.5) is 0 Å². The number of primary amides is 2. The maximum Gasteiger partial charge on any atom is 0.326 e. The van der Waals surface area contributed by atoms with E-state index in [4.69, 9.17) is 28.7 Å². The Bertz CT molecular complexity index is 1530. The molecule has 0 aromatic heterocycles. The van der Waals surface area contributed by atoms with Crippen molar-refractivity contribution in [3.63, 3.8) is 0 Å². The Labute approximate surface area is 304 Å². The van der Waals surface area contributed by atoms with E-state index in [9.17, 15) is 48.6 Å². The monoisotopic (exact) mass is 747 g/mol. The number of guanidine groups is 1. The van der Waals surface area contributed by atoms with Crippen LogP contribution in [0, 0.1) is 0 Å². The molecule has 1 aliphatic rings. The number of carbonyl (C=O) groups is 8. The third-order valence-corrected chi connectivity index (χ3v) is 8.21. The van der Waals surface area contributed by atoms with Gasteiger partial charge in [0.1, 0.15) is 36.0 Å². The first-order valence-corrected chi connectivity index (χ1v) is 16.8. The predicted molar refractivity (Wildman–Crippen MR) is 188 cm³/mol. The molecule has 21 nitrogen and oxygen atoms in total. The van der Waals surface area contributed by atoms with Gasteiger partial charge in [-0.15, -0.1) is 0 Å². The van der Waals surface area contributed by atoms with E-state index in [0.29, 0.717) is 12.0 Å². The largest absolute Gasteiger partial charge is 0.508 e. The minimum absolute atomic E-state index is 0.0461. The number of hydrogen-bond acceptors (Lipinski definition) is 11. The van der Waals surface area contributed by atoms with Crippen LogP contribution in [0.25, 0.3) is 0 Å². The van der Waals surface area contributed by atoms with Crippen molar-refractivity contribution in [3.8, 4) is 5.75 Å². The van der Waals surface area contributed by atoms with Crippen LogP contribution in [-0.2, 0) is 44.8 Å². The summed E-state index contributed by atoms with van der Waals surface area (Å²) >= 11 is 0. The molecular weight excluding hydrogens is 698 g/mol. The zero-order valence-corrected chi connectivity index (χ0v) is 29.3. The van der Waals surface area contributed by atoms with Crippen LogP contribution in [0.2, 0.25) is 0 Å². The van der Waals surface area contributed by atoms with Crippen molar-refractivity contribution in [1.82, 2.24) is 26.2 Å². The van der Waals surface area contributed by atoms with Crippen LogP contribution in [0.3, 0.4) is 0 Å². The number of rotatable bonds is 21. The van der Waals surface area contributed by atoms with E-state index in [1.807, 2.05) is 0 Å². The third kappa shape index (κ3) is 14.6. The Morgan fingerprint density at radius 1 is 0.849 bits per heavy atom. The number of aromatic hydroxyl groups is 1. The Morgan fingerprint density at radius 3 is 2.06 bits per heavy atom. The number of aliphatic imine (C=N–C) groups is 1. The lowest BCUT2D eigenvalue weighted by Crippen LogP contribution is -2.59. The van der Waals surface area contributed by atoms with Crippen LogP contribution >= 0.6 is 0 Å². The maximum absolute atomic E-state index is 13.4. The lowest BCUT2D eigenvalue weighted by atomic mass is 10.0. The molecular formula is C32H49N11O10. The van der Waals surface area contributed by atoms with Gasteiger partial charge in [-0.3, -0.25) is 38.6 Å². The second-order valence-electron chi connectivity index (χ2n) is 12.5. The first-order chi connectivity index (χ1) is 24.9. The molecule has 1 saturated heterocycles. The van der Waals surface area contributed by atoms with E-state index in [2.05, 4.69) is 26.3 Å². The summed E-state index contributed by atoms with van der Waals surface area (Å²) in [5.41, 5.74) is 27.3. The van der Waals surface area contributed by atoms with Crippen molar-refractivity contribution in [2.24, 2.45) is 33.7 Å². The van der Waals surface area contributed by atoms with Gasteiger partial charge in [0.25, 0.3) is 0 Å². The zero-order chi connectivity index (χ0) is 39.8. The summed E-state index contributed by atoms with van der Waals surface area (Å²) in [5.74, 6) is -7.23. The number of aliphatic carboxylic acids is 1. The van der Waals surface area contributed by atoms with E-state index in [1.54, 1.807) is 0 Å². The van der Waals surface area contributed by atoms with Crippen LogP contribution in [-0.4, -0.2) is 118 Å². The average molecular weight is 748 g/mol. The van der Waals surface area contributed by atoms with Crippen molar-refractivity contribution >= 4 is 53.3 Å². The van der Waals surface area contributed by atoms with E-state index in [-0.39, 0.29) is 63.3 Å². The van der Waals surface area contributed by atoms with Crippen molar-refractivity contribution < 1.29 is 48.6 Å². The molecule has 6 atom stereocenters. The smallest absolute Gasteiger partial charge is 0.326 e. The van der Waals surface area contributed by atoms with E-state index >= 15 is 0 Å². The van der Waals surface area contributed by atoms with Gasteiger partial charge >= 0.3 is 5.97 Å². The maximum atomic E-state index is 13.4. The number of benzene rings is 1. The summed E-state index contributed by atoms with van der Waals surface area (Å²) in [6, 6.07) is -2.08. The van der Waals surface area contributed by atoms with E-state index in [0.717, 1.165) is 0 Å². The number of amides is 7. The molecule has 1 heterocycles. The molecule has 0 spiro atoms. The normalized spacial score (nSPS) is 16.5. The number of phenols is 1. The number of nitrogens with zero attached hydrogens (tertiary/aromatic N) is 2. The van der Waals surface area contributed by atoms with Gasteiger partial charge in [-0.25, -0.2) is 4.79 Å². The fourth-order valence-electron chi connectivity index (χ4n) is 5.43. The summed E-state index contributed by atoms with van der Waals surface area (Å²) < 4.78 is 0. The summed E-state index contributed by atoms with van der Waals surface area (Å²) in [7, 11) is 0. The molecule has 1 aliphatic heterocycles. The SMILES string of the molecule is C[C@H](NC(=O)[C@H](CCC(N)=O)NC(=O)[C@@H]1CCCN1C(=O)[C@@H](N)CC(N)=O)C(=O)N[C@@H](Cc1ccc(O)cc1)C(=O)N[C@@H](CCCN=C(N)N)C(=O)O. The number of carbonyl (C=O) groups excluding carboxylic acids is 7. The van der Waals surface area contributed by atoms with Crippen LogP contribution < -0.4 is 49.9 Å². The molecule has 2 rings (SSSR count). The quantitative estimate of drug-likeness (QED) is 0.0321. The van der Waals surface area contributed by atoms with Crippen molar-refractivity contribution in [2.75, 3.05) is 13.1 Å². The lowest BCUT2D eigenvalue weighted by Gasteiger charge is -2.28. The first-order valence-electron chi connectivity index (χ1n) is 16.8. The van der Waals surface area contributed by atoms with Gasteiger partial charge in [-0.1, -0.05) is 12.1 Å². The van der Waals surface area contributed by atoms with Crippen LogP contribution in [0.5, 0.6) is 5.75 Å². The minimum Gasteiger partial charge on any atom is -0.508 e. The second-order valence-corrected chi connectivity index (χ2v) is 12.5. The van der Waals surface area contributed by atoms with Gasteiger partial charge in [0.05, 0.1) is 12.5 Å². The van der Waals surface area contributed by atoms with Gasteiger partial charge in [0.15, 0.2) is 5.96 Å². The number of carboxylic acid groups (broad SMARTS) is 1. The molecule has 7 amide bonds. The number of carboxylic acids is 1. The van der Waals surface area contributed by atoms with Crippen LogP contribution in [0.15, 0.2) is 29.3 Å². The summed E-state index contributed by atoms with van der Waals surface area (Å²) in [5, 5.41) is 29.2. The number of likely N-dealkylation sites (tertiary alicyclic amines) is 1.